The van der Waals surface area contributed by atoms with Crippen molar-refractivity contribution in [3.8, 4) is 11.5 Å². The van der Waals surface area contributed by atoms with Crippen LogP contribution in [0.15, 0.2) is 60.8 Å². The van der Waals surface area contributed by atoms with Crippen molar-refractivity contribution in [2.24, 2.45) is 5.41 Å². The number of nitrogens with one attached hydrogen (secondary N) is 2. The number of aromatic nitrogens is 1. The van der Waals surface area contributed by atoms with Gasteiger partial charge in [0.2, 0.25) is 17.7 Å². The molecule has 2 saturated heterocycles. The third-order valence-electron chi connectivity index (χ3n) is 9.14. The summed E-state index contributed by atoms with van der Waals surface area (Å²) in [6.45, 7) is 5.78. The number of amides is 3. The van der Waals surface area contributed by atoms with Crippen LogP contribution in [0, 0.1) is 17.0 Å². The molecule has 1 saturated carbocycles. The largest absolute Gasteiger partial charge is 0.457 e. The van der Waals surface area contributed by atoms with E-state index >= 15 is 4.39 Å². The molecule has 0 bridgehead atoms. The number of hydrogen-bond acceptors (Lipinski definition) is 7. The van der Waals surface area contributed by atoms with E-state index in [1.165, 1.54) is 36.4 Å². The number of carbonyl (C=O) groups is 3. The van der Waals surface area contributed by atoms with Crippen molar-refractivity contribution in [2.75, 3.05) is 56.9 Å². The number of anilines is 2. The lowest BCUT2D eigenvalue weighted by atomic mass is 10.0. The third kappa shape index (κ3) is 7.34. The SMILES string of the molecule is CN1CCN(C2CCN(C(=O)Cc3cc(Oc4ccc(NC(=O)C5(C(=O)Nc6ccc(F)cc6)CC5)c(F)c4)ccn3)CC2)CC1. The van der Waals surface area contributed by atoms with Crippen LogP contribution in [-0.4, -0.2) is 89.8 Å². The zero-order valence-electron chi connectivity index (χ0n) is 25.8. The van der Waals surface area contributed by atoms with Gasteiger partial charge in [0.25, 0.3) is 0 Å². The van der Waals surface area contributed by atoms with E-state index in [4.69, 9.17) is 4.74 Å². The number of hydrogen-bond donors (Lipinski definition) is 2. The van der Waals surface area contributed by atoms with Gasteiger partial charge in [-0.1, -0.05) is 0 Å². The van der Waals surface area contributed by atoms with Crippen LogP contribution in [0.1, 0.15) is 31.4 Å². The fraction of sp³-hybridized carbons (Fsp3) is 0.412. The summed E-state index contributed by atoms with van der Waals surface area (Å²) in [5.41, 5.74) is -0.484. The summed E-state index contributed by atoms with van der Waals surface area (Å²) in [7, 11) is 2.15. The van der Waals surface area contributed by atoms with Gasteiger partial charge in [-0.2, -0.15) is 0 Å². The molecule has 3 aromatic rings. The van der Waals surface area contributed by atoms with Crippen LogP contribution in [0.25, 0.3) is 0 Å². The molecule has 10 nitrogen and oxygen atoms in total. The molecule has 2 N–H and O–H groups in total. The average Bonchev–Trinajstić information content (AvgIpc) is 3.87. The molecule has 2 aromatic carbocycles. The first-order valence-electron chi connectivity index (χ1n) is 15.7. The average molecular weight is 633 g/mol. The van der Waals surface area contributed by atoms with E-state index in [1.807, 2.05) is 4.90 Å². The molecule has 0 atom stereocenters. The summed E-state index contributed by atoms with van der Waals surface area (Å²) in [4.78, 5) is 50.0. The summed E-state index contributed by atoms with van der Waals surface area (Å²) in [6, 6.07) is 13.1. The van der Waals surface area contributed by atoms with E-state index in [0.717, 1.165) is 58.2 Å². The molecule has 12 heteroatoms. The van der Waals surface area contributed by atoms with E-state index in [2.05, 4.69) is 32.5 Å². The van der Waals surface area contributed by atoms with Crippen LogP contribution in [0.4, 0.5) is 20.2 Å². The van der Waals surface area contributed by atoms with E-state index < -0.39 is 28.9 Å². The molecule has 1 aliphatic carbocycles. The second-order valence-electron chi connectivity index (χ2n) is 12.4. The minimum Gasteiger partial charge on any atom is -0.457 e. The Bertz CT molecular complexity index is 1580. The number of carbonyl (C=O) groups excluding carboxylic acids is 3. The summed E-state index contributed by atoms with van der Waals surface area (Å²) in [5.74, 6) is -1.71. The second kappa shape index (κ2) is 13.5. The van der Waals surface area contributed by atoms with Crippen LogP contribution in [0.2, 0.25) is 0 Å². The number of piperazine rings is 1. The van der Waals surface area contributed by atoms with Gasteiger partial charge in [0.1, 0.15) is 28.5 Å². The summed E-state index contributed by atoms with van der Waals surface area (Å²) in [5, 5.41) is 5.15. The first-order valence-corrected chi connectivity index (χ1v) is 15.7. The standard InChI is InChI=1S/C34H38F2N6O4/c1-40-16-18-41(19-17-40)26-9-14-42(15-10-26)31(43)21-25-20-28(8-13-37-25)46-27-6-7-30(29(36)22-27)39-33(45)34(11-12-34)32(44)38-24-4-2-23(35)3-5-24/h2-8,13,20,22,26H,9-12,14-19,21H2,1H3,(H,38,44)(H,39,45). The molecule has 0 radical (unpaired) electrons. The van der Waals surface area contributed by atoms with E-state index in [-0.39, 0.29) is 23.8 Å². The first kappa shape index (κ1) is 31.6. The fourth-order valence-corrected chi connectivity index (χ4v) is 6.06. The molecule has 3 heterocycles. The van der Waals surface area contributed by atoms with Crippen molar-refractivity contribution < 1.29 is 27.9 Å². The Labute approximate surface area is 266 Å². The Morgan fingerprint density at radius 3 is 2.22 bits per heavy atom. The van der Waals surface area contributed by atoms with Gasteiger partial charge in [0, 0.05) is 69.3 Å². The summed E-state index contributed by atoms with van der Waals surface area (Å²) in [6.07, 6.45) is 4.27. The van der Waals surface area contributed by atoms with Crippen molar-refractivity contribution >= 4 is 29.1 Å². The van der Waals surface area contributed by atoms with Crippen molar-refractivity contribution in [3.05, 3.63) is 78.1 Å². The summed E-state index contributed by atoms with van der Waals surface area (Å²) >= 11 is 0. The molecule has 1 aromatic heterocycles. The van der Waals surface area contributed by atoms with Crippen LogP contribution in [-0.2, 0) is 20.8 Å². The topological polar surface area (TPSA) is 107 Å². The highest BCUT2D eigenvalue weighted by atomic mass is 19.1. The number of ether oxygens (including phenoxy) is 1. The molecule has 3 aliphatic rings. The number of benzene rings is 2. The zero-order chi connectivity index (χ0) is 32.3. The highest BCUT2D eigenvalue weighted by Crippen LogP contribution is 2.47. The lowest BCUT2D eigenvalue weighted by molar-refractivity contribution is -0.132. The van der Waals surface area contributed by atoms with Crippen molar-refractivity contribution in [1.29, 1.82) is 0 Å². The maximum Gasteiger partial charge on any atom is 0.240 e. The van der Waals surface area contributed by atoms with E-state index in [1.54, 1.807) is 18.3 Å². The van der Waals surface area contributed by atoms with Gasteiger partial charge in [-0.25, -0.2) is 8.78 Å². The predicted molar refractivity (Wildman–Crippen MR) is 168 cm³/mol. The molecule has 6 rings (SSSR count). The van der Waals surface area contributed by atoms with Gasteiger partial charge in [-0.3, -0.25) is 24.3 Å². The van der Waals surface area contributed by atoms with Crippen LogP contribution >= 0.6 is 0 Å². The van der Waals surface area contributed by atoms with Crippen molar-refractivity contribution in [3.63, 3.8) is 0 Å². The first-order chi connectivity index (χ1) is 22.2. The summed E-state index contributed by atoms with van der Waals surface area (Å²) < 4.78 is 34.1. The number of rotatable bonds is 9. The van der Waals surface area contributed by atoms with Gasteiger partial charge in [-0.15, -0.1) is 0 Å². The van der Waals surface area contributed by atoms with E-state index in [0.29, 0.717) is 36.0 Å². The highest BCUT2D eigenvalue weighted by Gasteiger charge is 2.56. The second-order valence-corrected chi connectivity index (χ2v) is 12.4. The highest BCUT2D eigenvalue weighted by molar-refractivity contribution is 6.16. The van der Waals surface area contributed by atoms with Gasteiger partial charge in [0.05, 0.1) is 17.8 Å². The minimum absolute atomic E-state index is 0.0207. The smallest absolute Gasteiger partial charge is 0.240 e. The number of pyridine rings is 1. The number of nitrogens with zero attached hydrogens (tertiary/aromatic N) is 4. The van der Waals surface area contributed by atoms with Crippen LogP contribution < -0.4 is 15.4 Å². The number of likely N-dealkylation sites (tertiary alicyclic amines) is 1. The molecular weight excluding hydrogens is 594 g/mol. The third-order valence-corrected chi connectivity index (χ3v) is 9.14. The number of halogens is 2. The molecular formula is C34H38F2N6O4. The number of likely N-dealkylation sites (N-methyl/N-ethyl adjacent to an activating group) is 1. The Morgan fingerprint density at radius 1 is 0.870 bits per heavy atom. The van der Waals surface area contributed by atoms with Gasteiger partial charge >= 0.3 is 0 Å². The quantitative estimate of drug-likeness (QED) is 0.339. The molecule has 0 unspecified atom stereocenters. The van der Waals surface area contributed by atoms with Crippen molar-refractivity contribution in [2.45, 2.75) is 38.1 Å². The Balaban J connectivity index is 1.00. The Hall–Kier alpha value is -4.42. The maximum absolute atomic E-state index is 15.0. The zero-order valence-corrected chi connectivity index (χ0v) is 25.8. The molecule has 46 heavy (non-hydrogen) atoms. The monoisotopic (exact) mass is 632 g/mol. The van der Waals surface area contributed by atoms with E-state index in [9.17, 15) is 18.8 Å². The Kier molecular flexibility index (Phi) is 9.27. The molecule has 3 fully saturated rings. The molecule has 2 aliphatic heterocycles. The van der Waals surface area contributed by atoms with Crippen LogP contribution in [0.3, 0.4) is 0 Å². The normalized spacial score (nSPS) is 18.5. The maximum atomic E-state index is 15.0. The van der Waals surface area contributed by atoms with Gasteiger partial charge in [0.15, 0.2) is 0 Å². The Morgan fingerprint density at radius 2 is 1.54 bits per heavy atom. The lowest BCUT2D eigenvalue weighted by Crippen LogP contribution is -2.53. The molecule has 0 spiro atoms. The molecule has 242 valence electrons. The predicted octanol–water partition coefficient (Wildman–Crippen LogP) is 4.29. The fourth-order valence-electron chi connectivity index (χ4n) is 6.06. The minimum atomic E-state index is -1.32. The van der Waals surface area contributed by atoms with Crippen molar-refractivity contribution in [1.82, 2.24) is 19.7 Å². The van der Waals surface area contributed by atoms with Crippen LogP contribution in [0.5, 0.6) is 11.5 Å². The van der Waals surface area contributed by atoms with Gasteiger partial charge < -0.3 is 25.2 Å². The lowest BCUT2D eigenvalue weighted by Gasteiger charge is -2.42. The molecule has 3 amide bonds. The van der Waals surface area contributed by atoms with Gasteiger partial charge in [-0.05, 0) is 75.2 Å². The number of piperidine rings is 1.